The number of rotatable bonds is 2. The van der Waals surface area contributed by atoms with Crippen LogP contribution in [0.25, 0.3) is 21.5 Å². The van der Waals surface area contributed by atoms with Crippen molar-refractivity contribution >= 4 is 28.1 Å². The second-order valence-electron chi connectivity index (χ2n) is 3.96. The molecule has 86 valence electrons. The van der Waals surface area contributed by atoms with E-state index in [1.807, 2.05) is 18.5 Å². The fourth-order valence-electron chi connectivity index (χ4n) is 2.06. The first-order chi connectivity index (χ1) is 8.29. The molecule has 2 heterocycles. The lowest BCUT2D eigenvalue weighted by Crippen LogP contribution is -1.87. The summed E-state index contributed by atoms with van der Waals surface area (Å²) in [5.74, 6) is 0.926. The van der Waals surface area contributed by atoms with Crippen LogP contribution in [0.5, 0.6) is 0 Å². The van der Waals surface area contributed by atoms with Gasteiger partial charge in [-0.25, -0.2) is 4.98 Å². The van der Waals surface area contributed by atoms with Gasteiger partial charge in [0.15, 0.2) is 0 Å². The Bertz CT molecular complexity index is 666. The highest BCUT2D eigenvalue weighted by atomic mass is 32.1. The van der Waals surface area contributed by atoms with Gasteiger partial charge in [0.25, 0.3) is 0 Å². The first-order valence-electron chi connectivity index (χ1n) is 5.50. The van der Waals surface area contributed by atoms with Crippen molar-refractivity contribution in [2.75, 3.05) is 12.4 Å². The van der Waals surface area contributed by atoms with E-state index in [2.05, 4.69) is 40.4 Å². The standard InChI is InChI=1S/C13H13N3S/c1-8-12(13-16-11(14-2)7-17-13)9-5-3-4-6-10(9)15-8/h3-7,14-15H,1-2H3. The molecule has 0 saturated heterocycles. The monoisotopic (exact) mass is 243 g/mol. The lowest BCUT2D eigenvalue weighted by Gasteiger charge is -1.96. The molecule has 0 amide bonds. The topological polar surface area (TPSA) is 40.7 Å². The molecule has 0 aliphatic rings. The summed E-state index contributed by atoms with van der Waals surface area (Å²) in [6, 6.07) is 8.33. The number of H-pyrrole nitrogens is 1. The fourth-order valence-corrected chi connectivity index (χ4v) is 2.98. The first-order valence-corrected chi connectivity index (χ1v) is 6.38. The molecule has 17 heavy (non-hydrogen) atoms. The Labute approximate surface area is 104 Å². The minimum absolute atomic E-state index is 0.926. The molecule has 4 heteroatoms. The maximum atomic E-state index is 4.57. The summed E-state index contributed by atoms with van der Waals surface area (Å²) in [5, 5.41) is 7.40. The van der Waals surface area contributed by atoms with Crippen molar-refractivity contribution in [1.29, 1.82) is 0 Å². The van der Waals surface area contributed by atoms with Gasteiger partial charge in [0.2, 0.25) is 0 Å². The molecule has 2 N–H and O–H groups in total. The Hall–Kier alpha value is -1.81. The van der Waals surface area contributed by atoms with Crippen molar-refractivity contribution in [2.45, 2.75) is 6.92 Å². The molecule has 0 bridgehead atoms. The third kappa shape index (κ3) is 1.61. The maximum Gasteiger partial charge on any atom is 0.137 e. The van der Waals surface area contributed by atoms with Crippen molar-refractivity contribution in [3.8, 4) is 10.6 Å². The molecule has 3 rings (SSSR count). The van der Waals surface area contributed by atoms with Crippen LogP contribution in [0.15, 0.2) is 29.6 Å². The van der Waals surface area contributed by atoms with Crippen molar-refractivity contribution in [3.63, 3.8) is 0 Å². The Morgan fingerprint density at radius 1 is 1.29 bits per heavy atom. The summed E-state index contributed by atoms with van der Waals surface area (Å²) < 4.78 is 0. The number of aromatic amines is 1. The van der Waals surface area contributed by atoms with Crippen LogP contribution in [0.2, 0.25) is 0 Å². The molecule has 0 aliphatic carbocycles. The van der Waals surface area contributed by atoms with Gasteiger partial charge >= 0.3 is 0 Å². The van der Waals surface area contributed by atoms with Crippen molar-refractivity contribution in [1.82, 2.24) is 9.97 Å². The summed E-state index contributed by atoms with van der Waals surface area (Å²) in [6.45, 7) is 2.09. The van der Waals surface area contributed by atoms with Crippen LogP contribution < -0.4 is 5.32 Å². The molecule has 3 aromatic rings. The van der Waals surface area contributed by atoms with Crippen molar-refractivity contribution in [3.05, 3.63) is 35.3 Å². The molecular formula is C13H13N3S. The molecule has 0 aliphatic heterocycles. The Morgan fingerprint density at radius 3 is 2.88 bits per heavy atom. The number of hydrogen-bond donors (Lipinski definition) is 2. The summed E-state index contributed by atoms with van der Waals surface area (Å²) in [7, 11) is 1.89. The largest absolute Gasteiger partial charge is 0.372 e. The predicted molar refractivity (Wildman–Crippen MR) is 73.7 cm³/mol. The van der Waals surface area contributed by atoms with Crippen LogP contribution in [-0.2, 0) is 0 Å². The number of nitrogens with one attached hydrogen (secondary N) is 2. The van der Waals surface area contributed by atoms with Gasteiger partial charge in [-0.1, -0.05) is 18.2 Å². The molecule has 1 aromatic carbocycles. The molecule has 3 nitrogen and oxygen atoms in total. The lowest BCUT2D eigenvalue weighted by atomic mass is 10.1. The van der Waals surface area contributed by atoms with E-state index in [9.17, 15) is 0 Å². The smallest absolute Gasteiger partial charge is 0.137 e. The minimum atomic E-state index is 0.926. The summed E-state index contributed by atoms with van der Waals surface area (Å²) in [6.07, 6.45) is 0. The van der Waals surface area contributed by atoms with Crippen LogP contribution in [0, 0.1) is 6.92 Å². The molecule has 2 aromatic heterocycles. The third-order valence-electron chi connectivity index (χ3n) is 2.87. The number of para-hydroxylation sites is 1. The molecule has 0 saturated carbocycles. The Balaban J connectivity index is 2.25. The zero-order chi connectivity index (χ0) is 11.8. The molecule has 0 spiro atoms. The lowest BCUT2D eigenvalue weighted by molar-refractivity contribution is 1.28. The van der Waals surface area contributed by atoms with E-state index in [1.165, 1.54) is 22.2 Å². The SMILES string of the molecule is CNc1csc(-c2c(C)[nH]c3ccccc23)n1. The van der Waals surface area contributed by atoms with Crippen molar-refractivity contribution < 1.29 is 0 Å². The van der Waals surface area contributed by atoms with Gasteiger partial charge in [-0.15, -0.1) is 11.3 Å². The highest BCUT2D eigenvalue weighted by Crippen LogP contribution is 2.34. The number of aromatic nitrogens is 2. The van der Waals surface area contributed by atoms with Gasteiger partial charge < -0.3 is 10.3 Å². The van der Waals surface area contributed by atoms with Crippen molar-refractivity contribution in [2.24, 2.45) is 0 Å². The highest BCUT2D eigenvalue weighted by Gasteiger charge is 2.13. The van der Waals surface area contributed by atoms with Gasteiger partial charge in [-0.05, 0) is 13.0 Å². The van der Waals surface area contributed by atoms with E-state index >= 15 is 0 Å². The maximum absolute atomic E-state index is 4.57. The third-order valence-corrected chi connectivity index (χ3v) is 3.73. The number of aryl methyl sites for hydroxylation is 1. The second-order valence-corrected chi connectivity index (χ2v) is 4.82. The Kier molecular flexibility index (Phi) is 2.37. The summed E-state index contributed by atoms with van der Waals surface area (Å²) >= 11 is 1.67. The van der Waals surface area contributed by atoms with Gasteiger partial charge in [0.1, 0.15) is 10.8 Å². The highest BCUT2D eigenvalue weighted by molar-refractivity contribution is 7.13. The number of fused-ring (bicyclic) bond motifs is 1. The van der Waals surface area contributed by atoms with E-state index in [4.69, 9.17) is 0 Å². The Morgan fingerprint density at radius 2 is 2.12 bits per heavy atom. The van der Waals surface area contributed by atoms with Crippen LogP contribution in [0.3, 0.4) is 0 Å². The molecule has 0 atom stereocenters. The van der Waals surface area contributed by atoms with Gasteiger partial charge in [-0.3, -0.25) is 0 Å². The number of benzene rings is 1. The quantitative estimate of drug-likeness (QED) is 0.721. The zero-order valence-corrected chi connectivity index (χ0v) is 10.6. The van der Waals surface area contributed by atoms with E-state index < -0.39 is 0 Å². The van der Waals surface area contributed by atoms with Crippen LogP contribution in [0.4, 0.5) is 5.82 Å². The average Bonchev–Trinajstić information content (AvgIpc) is 2.91. The zero-order valence-electron chi connectivity index (χ0n) is 9.74. The fraction of sp³-hybridized carbons (Fsp3) is 0.154. The van der Waals surface area contributed by atoms with Gasteiger partial charge in [0.05, 0.1) is 0 Å². The molecule has 0 radical (unpaired) electrons. The number of anilines is 1. The number of hydrogen-bond acceptors (Lipinski definition) is 3. The van der Waals surface area contributed by atoms with E-state index in [0.29, 0.717) is 0 Å². The van der Waals surface area contributed by atoms with E-state index in [1.54, 1.807) is 11.3 Å². The minimum Gasteiger partial charge on any atom is -0.372 e. The van der Waals surface area contributed by atoms with Gasteiger partial charge in [0, 0.05) is 34.6 Å². The summed E-state index contributed by atoms with van der Waals surface area (Å²) in [5.41, 5.74) is 3.55. The molecular weight excluding hydrogens is 230 g/mol. The predicted octanol–water partition coefficient (Wildman–Crippen LogP) is 3.64. The van der Waals surface area contributed by atoms with Crippen LogP contribution in [-0.4, -0.2) is 17.0 Å². The average molecular weight is 243 g/mol. The molecule has 0 fully saturated rings. The van der Waals surface area contributed by atoms with E-state index in [-0.39, 0.29) is 0 Å². The van der Waals surface area contributed by atoms with Gasteiger partial charge in [-0.2, -0.15) is 0 Å². The van der Waals surface area contributed by atoms with E-state index in [0.717, 1.165) is 10.8 Å². The normalized spacial score (nSPS) is 10.9. The molecule has 0 unspecified atom stereocenters. The number of thiazole rings is 1. The number of nitrogens with zero attached hydrogens (tertiary/aromatic N) is 1. The van der Waals surface area contributed by atoms with Crippen LogP contribution in [0.1, 0.15) is 5.69 Å². The summed E-state index contributed by atoms with van der Waals surface area (Å²) in [4.78, 5) is 7.97. The second kappa shape index (κ2) is 3.89. The van der Waals surface area contributed by atoms with Crippen LogP contribution >= 0.6 is 11.3 Å². The first kappa shape index (κ1) is 10.4.